The monoisotopic (exact) mass is 255 g/mol. The topological polar surface area (TPSA) is 3.24 Å². The van der Waals surface area contributed by atoms with Crippen molar-refractivity contribution in [1.82, 2.24) is 0 Å². The van der Waals surface area contributed by atoms with Crippen LogP contribution in [0.2, 0.25) is 0 Å². The van der Waals surface area contributed by atoms with E-state index in [1.165, 1.54) is 22.6 Å². The van der Waals surface area contributed by atoms with E-state index in [1.807, 2.05) is 11.8 Å². The number of benzene rings is 2. The van der Waals surface area contributed by atoms with Gasteiger partial charge in [0.1, 0.15) is 0 Å². The van der Waals surface area contributed by atoms with Gasteiger partial charge in [-0.15, -0.1) is 0 Å². The Morgan fingerprint density at radius 3 is 2.50 bits per heavy atom. The highest BCUT2D eigenvalue weighted by Gasteiger charge is 2.26. The van der Waals surface area contributed by atoms with Gasteiger partial charge in [0.05, 0.1) is 11.1 Å². The molecule has 0 saturated heterocycles. The first kappa shape index (κ1) is 11.7. The maximum atomic E-state index is 2.41. The lowest BCUT2D eigenvalue weighted by Crippen LogP contribution is -2.24. The van der Waals surface area contributed by atoms with E-state index in [4.69, 9.17) is 0 Å². The summed E-state index contributed by atoms with van der Waals surface area (Å²) in [5, 5.41) is 0.572. The molecule has 0 fully saturated rings. The summed E-state index contributed by atoms with van der Waals surface area (Å²) in [4.78, 5) is 3.82. The zero-order chi connectivity index (χ0) is 12.4. The van der Waals surface area contributed by atoms with E-state index in [-0.39, 0.29) is 0 Å². The Hall–Kier alpha value is -1.41. The fourth-order valence-electron chi connectivity index (χ4n) is 2.42. The summed E-state index contributed by atoms with van der Waals surface area (Å²) in [6.45, 7) is 0. The van der Waals surface area contributed by atoms with Crippen molar-refractivity contribution in [2.45, 2.75) is 23.1 Å². The zero-order valence-electron chi connectivity index (χ0n) is 10.5. The summed E-state index contributed by atoms with van der Waals surface area (Å²) in [6, 6.07) is 19.4. The second-order valence-corrected chi connectivity index (χ2v) is 5.90. The van der Waals surface area contributed by atoms with Crippen LogP contribution in [-0.2, 0) is 6.42 Å². The molecular formula is C16H17NS. The van der Waals surface area contributed by atoms with Crippen molar-refractivity contribution < 1.29 is 0 Å². The molecule has 1 nitrogen and oxygen atoms in total. The summed E-state index contributed by atoms with van der Waals surface area (Å²) < 4.78 is 0. The fraction of sp³-hybridized carbons (Fsp3) is 0.250. The molecule has 2 aromatic rings. The van der Waals surface area contributed by atoms with Crippen LogP contribution in [0.3, 0.4) is 0 Å². The Morgan fingerprint density at radius 2 is 1.72 bits per heavy atom. The number of aryl methyl sites for hydroxylation is 1. The average Bonchev–Trinajstić information content (AvgIpc) is 2.75. The highest BCUT2D eigenvalue weighted by atomic mass is 32.2. The predicted molar refractivity (Wildman–Crippen MR) is 79.3 cm³/mol. The van der Waals surface area contributed by atoms with Crippen molar-refractivity contribution in [1.29, 1.82) is 0 Å². The van der Waals surface area contributed by atoms with E-state index in [0.717, 1.165) is 6.42 Å². The van der Waals surface area contributed by atoms with E-state index in [9.17, 15) is 0 Å². The number of hydrogen-bond donors (Lipinski definition) is 0. The van der Waals surface area contributed by atoms with Gasteiger partial charge in [-0.25, -0.2) is 0 Å². The van der Waals surface area contributed by atoms with Crippen molar-refractivity contribution in [3.05, 3.63) is 60.2 Å². The van der Waals surface area contributed by atoms with Crippen LogP contribution < -0.4 is 4.90 Å². The number of nitrogens with zero attached hydrogens (tertiary/aromatic N) is 1. The Balaban J connectivity index is 1.66. The van der Waals surface area contributed by atoms with Crippen LogP contribution in [0.25, 0.3) is 0 Å². The lowest BCUT2D eigenvalue weighted by atomic mass is 10.1. The molecule has 1 aliphatic rings. The lowest BCUT2D eigenvalue weighted by Gasteiger charge is -2.21. The van der Waals surface area contributed by atoms with Gasteiger partial charge in [0.2, 0.25) is 0 Å². The molecule has 1 heterocycles. The van der Waals surface area contributed by atoms with Crippen molar-refractivity contribution in [3.63, 3.8) is 0 Å². The predicted octanol–water partition coefficient (Wildman–Crippen LogP) is 4.19. The van der Waals surface area contributed by atoms with E-state index in [1.54, 1.807) is 0 Å². The second-order valence-electron chi connectivity index (χ2n) is 4.68. The van der Waals surface area contributed by atoms with Crippen LogP contribution in [0, 0.1) is 0 Å². The molecule has 0 aromatic heterocycles. The molecule has 0 bridgehead atoms. The second kappa shape index (κ2) is 5.07. The molecule has 3 rings (SSSR count). The fourth-order valence-corrected chi connectivity index (χ4v) is 3.71. The minimum Gasteiger partial charge on any atom is -0.361 e. The van der Waals surface area contributed by atoms with Gasteiger partial charge in [0, 0.05) is 11.9 Å². The van der Waals surface area contributed by atoms with Gasteiger partial charge in [0.15, 0.2) is 0 Å². The Labute approximate surface area is 113 Å². The molecule has 0 aliphatic carbocycles. The third kappa shape index (κ3) is 2.25. The van der Waals surface area contributed by atoms with Crippen molar-refractivity contribution in [2.75, 3.05) is 11.9 Å². The first-order valence-corrected chi connectivity index (χ1v) is 7.25. The molecule has 2 heteroatoms. The molecule has 1 atom stereocenters. The molecule has 0 radical (unpaired) electrons. The third-order valence-electron chi connectivity index (χ3n) is 3.46. The molecule has 0 amide bonds. The van der Waals surface area contributed by atoms with Crippen molar-refractivity contribution >= 4 is 17.4 Å². The Kier molecular flexibility index (Phi) is 3.28. The maximum Gasteiger partial charge on any atom is 0.0798 e. The summed E-state index contributed by atoms with van der Waals surface area (Å²) in [5.74, 6) is 0. The van der Waals surface area contributed by atoms with Crippen LogP contribution in [0.1, 0.15) is 12.0 Å². The van der Waals surface area contributed by atoms with Gasteiger partial charge in [-0.2, -0.15) is 0 Å². The van der Waals surface area contributed by atoms with Crippen LogP contribution in [-0.4, -0.2) is 12.4 Å². The molecule has 0 N–H and O–H groups in total. The minimum absolute atomic E-state index is 0.572. The summed E-state index contributed by atoms with van der Waals surface area (Å²) >= 11 is 1.99. The van der Waals surface area contributed by atoms with Crippen LogP contribution in [0.5, 0.6) is 0 Å². The van der Waals surface area contributed by atoms with E-state index < -0.39 is 0 Å². The number of thioether (sulfide) groups is 1. The van der Waals surface area contributed by atoms with Crippen LogP contribution in [0.15, 0.2) is 59.5 Å². The van der Waals surface area contributed by atoms with Gasteiger partial charge in [-0.1, -0.05) is 54.2 Å². The minimum atomic E-state index is 0.572. The van der Waals surface area contributed by atoms with Crippen molar-refractivity contribution in [2.24, 2.45) is 0 Å². The van der Waals surface area contributed by atoms with E-state index in [2.05, 4.69) is 66.5 Å². The van der Waals surface area contributed by atoms with Crippen LogP contribution in [0.4, 0.5) is 5.69 Å². The van der Waals surface area contributed by atoms with E-state index in [0.29, 0.717) is 5.37 Å². The number of hydrogen-bond acceptors (Lipinski definition) is 2. The highest BCUT2D eigenvalue weighted by molar-refractivity contribution is 8.00. The van der Waals surface area contributed by atoms with Crippen LogP contribution >= 0.6 is 11.8 Å². The first-order valence-electron chi connectivity index (χ1n) is 6.37. The van der Waals surface area contributed by atoms with Gasteiger partial charge in [-0.05, 0) is 30.5 Å². The molecule has 18 heavy (non-hydrogen) atoms. The van der Waals surface area contributed by atoms with Gasteiger partial charge >= 0.3 is 0 Å². The molecule has 1 unspecified atom stereocenters. The smallest absolute Gasteiger partial charge is 0.0798 e. The quantitative estimate of drug-likeness (QED) is 0.809. The molecule has 0 saturated carbocycles. The average molecular weight is 255 g/mol. The maximum absolute atomic E-state index is 2.41. The lowest BCUT2D eigenvalue weighted by molar-refractivity contribution is 0.749. The molecule has 1 aliphatic heterocycles. The van der Waals surface area contributed by atoms with E-state index >= 15 is 0 Å². The SMILES string of the molecule is CN1c2ccccc2SC1CCc1ccccc1. The van der Waals surface area contributed by atoms with Gasteiger partial charge < -0.3 is 4.90 Å². The summed E-state index contributed by atoms with van der Waals surface area (Å²) in [7, 11) is 2.20. The molecule has 2 aromatic carbocycles. The van der Waals surface area contributed by atoms with Crippen molar-refractivity contribution in [3.8, 4) is 0 Å². The number of anilines is 1. The van der Waals surface area contributed by atoms with Gasteiger partial charge in [-0.3, -0.25) is 0 Å². The molecular weight excluding hydrogens is 238 g/mol. The largest absolute Gasteiger partial charge is 0.361 e. The van der Waals surface area contributed by atoms with Gasteiger partial charge in [0.25, 0.3) is 0 Å². The molecule has 0 spiro atoms. The Morgan fingerprint density at radius 1 is 1.00 bits per heavy atom. The standard InChI is InChI=1S/C16H17NS/c1-17-14-9-5-6-10-15(14)18-16(17)12-11-13-7-3-2-4-8-13/h2-10,16H,11-12H2,1H3. The molecule has 92 valence electrons. The Bertz CT molecular complexity index is 524. The number of rotatable bonds is 3. The summed E-state index contributed by atoms with van der Waals surface area (Å²) in [6.07, 6.45) is 2.34. The first-order chi connectivity index (χ1) is 8.84. The number of fused-ring (bicyclic) bond motifs is 1. The third-order valence-corrected chi connectivity index (χ3v) is 4.89. The zero-order valence-corrected chi connectivity index (χ0v) is 11.4. The summed E-state index contributed by atoms with van der Waals surface area (Å²) in [5.41, 5.74) is 2.81. The number of para-hydroxylation sites is 1. The normalized spacial score (nSPS) is 17.8. The highest BCUT2D eigenvalue weighted by Crippen LogP contribution is 2.43.